The van der Waals surface area contributed by atoms with Crippen LogP contribution in [0.15, 0.2) is 34.8 Å². The molecule has 1 amide bonds. The van der Waals surface area contributed by atoms with Crippen molar-refractivity contribution >= 4 is 62.3 Å². The number of halogens is 4. The van der Waals surface area contributed by atoms with Crippen molar-refractivity contribution < 1.29 is 9.53 Å². The van der Waals surface area contributed by atoms with Crippen LogP contribution in [0.1, 0.15) is 43.0 Å². The molecule has 0 bridgehead atoms. The van der Waals surface area contributed by atoms with E-state index in [0.717, 1.165) is 23.7 Å². The second-order valence-corrected chi connectivity index (χ2v) is 7.89. The smallest absolute Gasteiger partial charge is 0.259 e. The Hall–Kier alpha value is -0.940. The van der Waals surface area contributed by atoms with E-state index in [-0.39, 0.29) is 5.91 Å². The summed E-state index contributed by atoms with van der Waals surface area (Å²) < 4.78 is 6.59. The van der Waals surface area contributed by atoms with Gasteiger partial charge in [0, 0.05) is 4.47 Å². The van der Waals surface area contributed by atoms with Gasteiger partial charge in [-0.05, 0) is 36.8 Å². The van der Waals surface area contributed by atoms with E-state index in [1.54, 1.807) is 12.1 Å². The summed E-state index contributed by atoms with van der Waals surface area (Å²) in [5, 5.41) is 3.71. The van der Waals surface area contributed by atoms with E-state index in [2.05, 4.69) is 28.2 Å². The SMILES string of the molecule is CCCCCCOc1ccc(Br)cc1C(=O)Nc1cc(Cl)c(Cl)cc1Cl. The second kappa shape index (κ2) is 10.4. The van der Waals surface area contributed by atoms with Crippen molar-refractivity contribution in [2.75, 3.05) is 11.9 Å². The Bertz CT molecular complexity index is 784. The zero-order valence-electron chi connectivity index (χ0n) is 14.3. The molecule has 0 unspecified atom stereocenters. The average Bonchev–Trinajstić information content (AvgIpc) is 2.60. The molecule has 0 saturated heterocycles. The van der Waals surface area contributed by atoms with Gasteiger partial charge in [0.15, 0.2) is 0 Å². The third-order valence-corrected chi connectivity index (χ3v) is 5.23. The van der Waals surface area contributed by atoms with E-state index in [1.165, 1.54) is 18.6 Å². The highest BCUT2D eigenvalue weighted by molar-refractivity contribution is 9.10. The monoisotopic (exact) mass is 477 g/mol. The fourth-order valence-electron chi connectivity index (χ4n) is 2.32. The molecule has 0 spiro atoms. The van der Waals surface area contributed by atoms with E-state index in [1.807, 2.05) is 6.07 Å². The summed E-state index contributed by atoms with van der Waals surface area (Å²) >= 11 is 21.5. The van der Waals surface area contributed by atoms with Gasteiger partial charge in [0.05, 0.1) is 32.9 Å². The zero-order chi connectivity index (χ0) is 19.1. The molecular weight excluding hydrogens is 460 g/mol. The molecule has 140 valence electrons. The van der Waals surface area contributed by atoms with Gasteiger partial charge in [0.1, 0.15) is 5.75 Å². The molecule has 0 fully saturated rings. The van der Waals surface area contributed by atoms with Crippen molar-refractivity contribution in [3.8, 4) is 5.75 Å². The maximum atomic E-state index is 12.7. The first-order chi connectivity index (χ1) is 12.4. The predicted octanol–water partition coefficient (Wildman–Crippen LogP) is 7.62. The highest BCUT2D eigenvalue weighted by atomic mass is 79.9. The van der Waals surface area contributed by atoms with Crippen LogP contribution in [0, 0.1) is 0 Å². The van der Waals surface area contributed by atoms with Crippen molar-refractivity contribution in [1.29, 1.82) is 0 Å². The Balaban J connectivity index is 2.14. The van der Waals surface area contributed by atoms with E-state index in [0.29, 0.717) is 38.7 Å². The summed E-state index contributed by atoms with van der Waals surface area (Å²) in [6.45, 7) is 2.72. The number of unbranched alkanes of at least 4 members (excludes halogenated alkanes) is 3. The number of carbonyl (C=O) groups is 1. The summed E-state index contributed by atoms with van der Waals surface area (Å²) in [6, 6.07) is 8.34. The molecule has 7 heteroatoms. The molecule has 0 aliphatic heterocycles. The Labute approximate surface area is 177 Å². The highest BCUT2D eigenvalue weighted by Gasteiger charge is 2.16. The Kier molecular flexibility index (Phi) is 8.55. The summed E-state index contributed by atoms with van der Waals surface area (Å²) in [7, 11) is 0. The molecule has 0 aliphatic rings. The number of anilines is 1. The Morgan fingerprint density at radius 2 is 1.77 bits per heavy atom. The quantitative estimate of drug-likeness (QED) is 0.312. The van der Waals surface area contributed by atoms with E-state index < -0.39 is 0 Å². The number of hydrogen-bond donors (Lipinski definition) is 1. The van der Waals surface area contributed by atoms with E-state index >= 15 is 0 Å². The lowest BCUT2D eigenvalue weighted by Crippen LogP contribution is -2.14. The predicted molar refractivity (Wildman–Crippen MR) is 113 cm³/mol. The largest absolute Gasteiger partial charge is 0.493 e. The van der Waals surface area contributed by atoms with Crippen LogP contribution < -0.4 is 10.1 Å². The standard InChI is InChI=1S/C19H19BrCl3NO2/c1-2-3-4-5-8-26-18-7-6-12(20)9-13(18)19(25)24-17-11-15(22)14(21)10-16(17)23/h6-7,9-11H,2-5,8H2,1H3,(H,24,25). The van der Waals surface area contributed by atoms with Crippen LogP contribution in [-0.4, -0.2) is 12.5 Å². The summed E-state index contributed by atoms with van der Waals surface area (Å²) in [5.74, 6) is 0.188. The maximum absolute atomic E-state index is 12.7. The molecular formula is C19H19BrCl3NO2. The van der Waals surface area contributed by atoms with Crippen molar-refractivity contribution in [2.24, 2.45) is 0 Å². The molecule has 1 N–H and O–H groups in total. The first-order valence-electron chi connectivity index (χ1n) is 8.30. The molecule has 26 heavy (non-hydrogen) atoms. The first-order valence-corrected chi connectivity index (χ1v) is 10.2. The van der Waals surface area contributed by atoms with Gasteiger partial charge < -0.3 is 10.1 Å². The van der Waals surface area contributed by atoms with Gasteiger partial charge in [0.25, 0.3) is 5.91 Å². The zero-order valence-corrected chi connectivity index (χ0v) is 18.1. The lowest BCUT2D eigenvalue weighted by molar-refractivity contribution is 0.102. The minimum Gasteiger partial charge on any atom is -0.493 e. The summed E-state index contributed by atoms with van der Waals surface area (Å²) in [6.07, 6.45) is 4.39. The van der Waals surface area contributed by atoms with Crippen molar-refractivity contribution in [3.05, 3.63) is 55.4 Å². The van der Waals surface area contributed by atoms with Crippen LogP contribution in [0.25, 0.3) is 0 Å². The molecule has 0 radical (unpaired) electrons. The van der Waals surface area contributed by atoms with Crippen molar-refractivity contribution in [3.63, 3.8) is 0 Å². The van der Waals surface area contributed by atoms with Gasteiger partial charge in [-0.3, -0.25) is 4.79 Å². The molecule has 3 nitrogen and oxygen atoms in total. The number of benzene rings is 2. The van der Waals surface area contributed by atoms with E-state index in [4.69, 9.17) is 39.5 Å². The molecule has 0 aliphatic carbocycles. The summed E-state index contributed by atoms with van der Waals surface area (Å²) in [4.78, 5) is 12.7. The van der Waals surface area contributed by atoms with Gasteiger partial charge in [-0.1, -0.05) is 76.9 Å². The number of rotatable bonds is 8. The van der Waals surface area contributed by atoms with Crippen molar-refractivity contribution in [1.82, 2.24) is 0 Å². The average molecular weight is 480 g/mol. The molecule has 2 aromatic rings. The Morgan fingerprint density at radius 1 is 1.04 bits per heavy atom. The lowest BCUT2D eigenvalue weighted by atomic mass is 10.1. The molecule has 0 saturated carbocycles. The fourth-order valence-corrected chi connectivity index (χ4v) is 3.28. The van der Waals surface area contributed by atoms with Crippen molar-refractivity contribution in [2.45, 2.75) is 32.6 Å². The minimum absolute atomic E-state index is 0.310. The number of ether oxygens (including phenoxy) is 1. The van der Waals surface area contributed by atoms with Crippen LogP contribution in [0.5, 0.6) is 5.75 Å². The first kappa shape index (κ1) is 21.4. The molecule has 0 atom stereocenters. The van der Waals surface area contributed by atoms with Crippen LogP contribution >= 0.6 is 50.7 Å². The normalized spacial score (nSPS) is 10.7. The van der Waals surface area contributed by atoms with Gasteiger partial charge in [0.2, 0.25) is 0 Å². The van der Waals surface area contributed by atoms with Crippen LogP contribution in [0.3, 0.4) is 0 Å². The molecule has 0 heterocycles. The number of hydrogen-bond acceptors (Lipinski definition) is 2. The number of amides is 1. The lowest BCUT2D eigenvalue weighted by Gasteiger charge is -2.13. The maximum Gasteiger partial charge on any atom is 0.259 e. The molecule has 0 aromatic heterocycles. The van der Waals surface area contributed by atoms with Gasteiger partial charge in [-0.15, -0.1) is 0 Å². The topological polar surface area (TPSA) is 38.3 Å². The minimum atomic E-state index is -0.338. The summed E-state index contributed by atoms with van der Waals surface area (Å²) in [5.41, 5.74) is 0.803. The van der Waals surface area contributed by atoms with Gasteiger partial charge in [-0.25, -0.2) is 0 Å². The highest BCUT2D eigenvalue weighted by Crippen LogP contribution is 2.33. The van der Waals surface area contributed by atoms with Crippen LogP contribution in [0.4, 0.5) is 5.69 Å². The Morgan fingerprint density at radius 3 is 2.50 bits per heavy atom. The third-order valence-electron chi connectivity index (χ3n) is 3.70. The molecule has 2 aromatic carbocycles. The second-order valence-electron chi connectivity index (χ2n) is 5.75. The van der Waals surface area contributed by atoms with Crippen LogP contribution in [-0.2, 0) is 0 Å². The van der Waals surface area contributed by atoms with E-state index in [9.17, 15) is 4.79 Å². The number of nitrogens with one attached hydrogen (secondary N) is 1. The fraction of sp³-hybridized carbons (Fsp3) is 0.316. The number of carbonyl (C=O) groups excluding carboxylic acids is 1. The third kappa shape index (κ3) is 6.05. The van der Waals surface area contributed by atoms with Gasteiger partial charge >= 0.3 is 0 Å². The van der Waals surface area contributed by atoms with Gasteiger partial charge in [-0.2, -0.15) is 0 Å². The molecule has 2 rings (SSSR count). The van der Waals surface area contributed by atoms with Crippen LogP contribution in [0.2, 0.25) is 15.1 Å².